The van der Waals surface area contributed by atoms with Gasteiger partial charge in [-0.1, -0.05) is 13.8 Å². The fourth-order valence-electron chi connectivity index (χ4n) is 2.41. The van der Waals surface area contributed by atoms with Crippen LogP contribution in [-0.4, -0.2) is 36.1 Å². The third-order valence-corrected chi connectivity index (χ3v) is 3.05. The molecular formula is C10H21N3O. The summed E-state index contributed by atoms with van der Waals surface area (Å²) >= 11 is 0. The number of nitrogens with two attached hydrogens (primary N) is 1. The summed E-state index contributed by atoms with van der Waals surface area (Å²) in [5, 5.41) is 2.84. The summed E-state index contributed by atoms with van der Waals surface area (Å²) in [6.45, 7) is 6.52. The maximum Gasteiger partial charge on any atom is 0.312 e. The van der Waals surface area contributed by atoms with Crippen LogP contribution in [0.5, 0.6) is 0 Å². The van der Waals surface area contributed by atoms with Gasteiger partial charge >= 0.3 is 6.03 Å². The third-order valence-electron chi connectivity index (χ3n) is 3.05. The van der Waals surface area contributed by atoms with Crippen LogP contribution < -0.4 is 11.1 Å². The Morgan fingerprint density at radius 2 is 2.29 bits per heavy atom. The molecular weight excluding hydrogens is 178 g/mol. The maximum atomic E-state index is 10.8. The summed E-state index contributed by atoms with van der Waals surface area (Å²) in [5.41, 5.74) is 5.16. The van der Waals surface area contributed by atoms with Gasteiger partial charge in [0.1, 0.15) is 0 Å². The summed E-state index contributed by atoms with van der Waals surface area (Å²) < 4.78 is 0. The van der Waals surface area contributed by atoms with Gasteiger partial charge in [0.25, 0.3) is 0 Å². The van der Waals surface area contributed by atoms with E-state index in [1.54, 1.807) is 0 Å². The van der Waals surface area contributed by atoms with Gasteiger partial charge in [0.15, 0.2) is 0 Å². The average molecular weight is 199 g/mol. The number of nitrogens with zero attached hydrogens (tertiary/aromatic N) is 1. The van der Waals surface area contributed by atoms with Crippen LogP contribution >= 0.6 is 0 Å². The maximum absolute atomic E-state index is 10.8. The van der Waals surface area contributed by atoms with Crippen molar-refractivity contribution in [3.05, 3.63) is 0 Å². The second-order valence-corrected chi connectivity index (χ2v) is 3.86. The molecule has 1 aliphatic rings. The lowest BCUT2D eigenvalue weighted by Gasteiger charge is -2.40. The molecule has 1 heterocycles. The molecule has 4 nitrogen and oxygen atoms in total. The van der Waals surface area contributed by atoms with E-state index in [4.69, 9.17) is 5.73 Å². The summed E-state index contributed by atoms with van der Waals surface area (Å²) in [6.07, 6.45) is 3.27. The first-order valence-electron chi connectivity index (χ1n) is 5.49. The van der Waals surface area contributed by atoms with Crippen molar-refractivity contribution in [2.45, 2.75) is 45.2 Å². The Morgan fingerprint density at radius 1 is 1.57 bits per heavy atom. The Hall–Kier alpha value is -0.770. The lowest BCUT2D eigenvalue weighted by atomic mass is 9.94. The molecule has 0 radical (unpaired) electrons. The van der Waals surface area contributed by atoms with Crippen LogP contribution in [0.15, 0.2) is 0 Å². The highest BCUT2D eigenvalue weighted by Crippen LogP contribution is 2.19. The van der Waals surface area contributed by atoms with Crippen molar-refractivity contribution in [2.75, 3.05) is 13.1 Å². The van der Waals surface area contributed by atoms with Crippen molar-refractivity contribution < 1.29 is 4.79 Å². The number of primary amides is 1. The molecule has 2 unspecified atom stereocenters. The van der Waals surface area contributed by atoms with Crippen LogP contribution in [0.25, 0.3) is 0 Å². The van der Waals surface area contributed by atoms with E-state index in [0.29, 0.717) is 6.04 Å². The molecule has 0 spiro atoms. The van der Waals surface area contributed by atoms with Crippen LogP contribution in [-0.2, 0) is 0 Å². The Bertz CT molecular complexity index is 196. The first-order valence-corrected chi connectivity index (χ1v) is 5.49. The first-order chi connectivity index (χ1) is 6.69. The number of carbonyl (C=O) groups excluding carboxylic acids is 1. The van der Waals surface area contributed by atoms with E-state index in [1.807, 2.05) is 0 Å². The van der Waals surface area contributed by atoms with Crippen LogP contribution in [0, 0.1) is 0 Å². The molecule has 82 valence electrons. The van der Waals surface area contributed by atoms with Crippen molar-refractivity contribution in [2.24, 2.45) is 5.73 Å². The fraction of sp³-hybridized carbons (Fsp3) is 0.900. The third kappa shape index (κ3) is 2.61. The van der Waals surface area contributed by atoms with E-state index in [9.17, 15) is 4.79 Å². The monoisotopic (exact) mass is 199 g/mol. The first kappa shape index (κ1) is 11.3. The minimum atomic E-state index is -0.397. The number of urea groups is 1. The van der Waals surface area contributed by atoms with Crippen LogP contribution in [0.4, 0.5) is 4.79 Å². The van der Waals surface area contributed by atoms with Crippen molar-refractivity contribution in [1.82, 2.24) is 10.2 Å². The lowest BCUT2D eigenvalue weighted by molar-refractivity contribution is 0.118. The molecule has 14 heavy (non-hydrogen) atoms. The Labute approximate surface area is 85.8 Å². The fourth-order valence-corrected chi connectivity index (χ4v) is 2.41. The number of amides is 2. The number of hydrogen-bond acceptors (Lipinski definition) is 2. The van der Waals surface area contributed by atoms with Gasteiger partial charge in [-0.15, -0.1) is 0 Å². The van der Waals surface area contributed by atoms with Gasteiger partial charge in [-0.2, -0.15) is 0 Å². The zero-order valence-corrected chi connectivity index (χ0v) is 9.12. The second kappa shape index (κ2) is 5.20. The predicted molar refractivity (Wildman–Crippen MR) is 57.1 cm³/mol. The molecule has 0 aliphatic carbocycles. The summed E-state index contributed by atoms with van der Waals surface area (Å²) in [5.74, 6) is 0. The summed E-state index contributed by atoms with van der Waals surface area (Å²) in [6, 6.07) is 0.304. The quantitative estimate of drug-likeness (QED) is 0.710. The molecule has 0 saturated carbocycles. The smallest absolute Gasteiger partial charge is 0.312 e. The predicted octanol–water partition coefficient (Wildman–Crippen LogP) is 0.918. The Morgan fingerprint density at radius 3 is 2.79 bits per heavy atom. The van der Waals surface area contributed by atoms with Gasteiger partial charge in [0.05, 0.1) is 0 Å². The van der Waals surface area contributed by atoms with Gasteiger partial charge in [-0.3, -0.25) is 4.90 Å². The number of hydrogen-bond donors (Lipinski definition) is 2. The van der Waals surface area contributed by atoms with Crippen LogP contribution in [0.1, 0.15) is 33.1 Å². The number of likely N-dealkylation sites (N-methyl/N-ethyl adjacent to an activating group) is 1. The largest absolute Gasteiger partial charge is 0.352 e. The summed E-state index contributed by atoms with van der Waals surface area (Å²) in [4.78, 5) is 13.2. The SMILES string of the molecule is CCC1C(NC(N)=O)CCCN1CC. The van der Waals surface area contributed by atoms with Crippen molar-refractivity contribution >= 4 is 6.03 Å². The molecule has 3 N–H and O–H groups in total. The molecule has 1 rings (SSSR count). The highest BCUT2D eigenvalue weighted by atomic mass is 16.2. The number of piperidine rings is 1. The van der Waals surface area contributed by atoms with E-state index in [0.717, 1.165) is 32.4 Å². The van der Waals surface area contributed by atoms with Crippen molar-refractivity contribution in [3.8, 4) is 0 Å². The number of likely N-dealkylation sites (tertiary alicyclic amines) is 1. The molecule has 2 atom stereocenters. The molecule has 1 fully saturated rings. The van der Waals surface area contributed by atoms with Crippen LogP contribution in [0.3, 0.4) is 0 Å². The van der Waals surface area contributed by atoms with Gasteiger partial charge < -0.3 is 11.1 Å². The van der Waals surface area contributed by atoms with E-state index in [-0.39, 0.29) is 6.04 Å². The molecule has 0 bridgehead atoms. The minimum absolute atomic E-state index is 0.242. The highest BCUT2D eigenvalue weighted by molar-refractivity contribution is 5.72. The van der Waals surface area contributed by atoms with E-state index in [1.165, 1.54) is 0 Å². The lowest BCUT2D eigenvalue weighted by Crippen LogP contribution is -2.55. The zero-order chi connectivity index (χ0) is 10.6. The topological polar surface area (TPSA) is 58.4 Å². The number of rotatable bonds is 3. The van der Waals surface area contributed by atoms with Gasteiger partial charge in [0, 0.05) is 12.1 Å². The molecule has 0 aromatic carbocycles. The van der Waals surface area contributed by atoms with Gasteiger partial charge in [-0.05, 0) is 32.4 Å². The minimum Gasteiger partial charge on any atom is -0.352 e. The molecule has 2 amide bonds. The standard InChI is InChI=1S/C10H21N3O/c1-3-9-8(12-10(11)14)6-5-7-13(9)4-2/h8-9H,3-7H2,1-2H3,(H3,11,12,14). The van der Waals surface area contributed by atoms with Gasteiger partial charge in [-0.25, -0.2) is 4.79 Å². The van der Waals surface area contributed by atoms with E-state index < -0.39 is 6.03 Å². The Balaban J connectivity index is 2.58. The van der Waals surface area contributed by atoms with Crippen LogP contribution in [0.2, 0.25) is 0 Å². The zero-order valence-electron chi connectivity index (χ0n) is 9.12. The molecule has 1 saturated heterocycles. The average Bonchev–Trinajstić information content (AvgIpc) is 2.16. The number of nitrogens with one attached hydrogen (secondary N) is 1. The molecule has 0 aromatic rings. The van der Waals surface area contributed by atoms with Crippen molar-refractivity contribution in [3.63, 3.8) is 0 Å². The highest BCUT2D eigenvalue weighted by Gasteiger charge is 2.29. The molecule has 1 aliphatic heterocycles. The summed E-state index contributed by atoms with van der Waals surface area (Å²) in [7, 11) is 0. The van der Waals surface area contributed by atoms with E-state index in [2.05, 4.69) is 24.1 Å². The van der Waals surface area contributed by atoms with Crippen molar-refractivity contribution in [1.29, 1.82) is 0 Å². The Kier molecular flexibility index (Phi) is 4.20. The van der Waals surface area contributed by atoms with E-state index >= 15 is 0 Å². The number of carbonyl (C=O) groups is 1. The van der Waals surface area contributed by atoms with Gasteiger partial charge in [0.2, 0.25) is 0 Å². The molecule has 4 heteroatoms. The second-order valence-electron chi connectivity index (χ2n) is 3.86. The molecule has 0 aromatic heterocycles. The normalized spacial score (nSPS) is 28.7.